The van der Waals surface area contributed by atoms with Crippen LogP contribution in [0.25, 0.3) is 0 Å². The van der Waals surface area contributed by atoms with Crippen molar-refractivity contribution in [1.82, 2.24) is 14.7 Å². The van der Waals surface area contributed by atoms with Crippen molar-refractivity contribution in [3.05, 3.63) is 18.5 Å². The van der Waals surface area contributed by atoms with Gasteiger partial charge in [0.2, 0.25) is 5.91 Å². The normalized spacial score (nSPS) is 9.60. The number of aromatic nitrogens is 2. The molecule has 15 heavy (non-hydrogen) atoms. The second-order valence-corrected chi connectivity index (χ2v) is 3.22. The molecule has 0 aliphatic carbocycles. The molecule has 0 N–H and O–H groups in total. The maximum atomic E-state index is 11.8. The minimum absolute atomic E-state index is 0.0125. The summed E-state index contributed by atoms with van der Waals surface area (Å²) in [6.45, 7) is 3.34. The topological polar surface area (TPSA) is 38.1 Å². The highest BCUT2D eigenvalue weighted by Gasteiger charge is 2.11. The van der Waals surface area contributed by atoms with Gasteiger partial charge in [0.15, 0.2) is 0 Å². The van der Waals surface area contributed by atoms with Crippen LogP contribution >= 0.6 is 0 Å². The van der Waals surface area contributed by atoms with Crippen LogP contribution in [0.2, 0.25) is 0 Å². The van der Waals surface area contributed by atoms with Crippen molar-refractivity contribution in [2.75, 3.05) is 13.1 Å². The molecule has 0 bridgehead atoms. The Hall–Kier alpha value is -1.76. The fourth-order valence-corrected chi connectivity index (χ4v) is 1.30. The first kappa shape index (κ1) is 11.3. The van der Waals surface area contributed by atoms with Crippen LogP contribution in [-0.4, -0.2) is 33.7 Å². The maximum absolute atomic E-state index is 11.8. The zero-order valence-electron chi connectivity index (χ0n) is 8.89. The van der Waals surface area contributed by atoms with Gasteiger partial charge >= 0.3 is 0 Å². The second kappa shape index (κ2) is 5.86. The summed E-state index contributed by atoms with van der Waals surface area (Å²) in [7, 11) is 0. The van der Waals surface area contributed by atoms with Crippen LogP contribution in [0.3, 0.4) is 0 Å². The largest absolute Gasteiger partial charge is 0.330 e. The van der Waals surface area contributed by atoms with Crippen molar-refractivity contribution >= 4 is 5.91 Å². The third-order valence-electron chi connectivity index (χ3n) is 1.98. The Labute approximate surface area is 89.9 Å². The number of carbonyl (C=O) groups excluding carboxylic acids is 1. The van der Waals surface area contributed by atoms with Crippen LogP contribution in [0.4, 0.5) is 0 Å². The van der Waals surface area contributed by atoms with E-state index in [2.05, 4.69) is 11.0 Å². The molecule has 1 aromatic heterocycles. The molecule has 0 atom stereocenters. The summed E-state index contributed by atoms with van der Waals surface area (Å²) in [5, 5.41) is 3.98. The summed E-state index contributed by atoms with van der Waals surface area (Å²) in [5.74, 6) is 2.50. The average molecular weight is 205 g/mol. The van der Waals surface area contributed by atoms with E-state index in [1.54, 1.807) is 28.0 Å². The first-order chi connectivity index (χ1) is 7.27. The maximum Gasteiger partial charge on any atom is 0.245 e. The van der Waals surface area contributed by atoms with Gasteiger partial charge in [-0.2, -0.15) is 5.10 Å². The lowest BCUT2D eigenvalue weighted by Crippen LogP contribution is -2.34. The van der Waals surface area contributed by atoms with Gasteiger partial charge in [-0.25, -0.2) is 0 Å². The molecule has 0 spiro atoms. The van der Waals surface area contributed by atoms with Gasteiger partial charge in [0.05, 0.1) is 6.54 Å². The monoisotopic (exact) mass is 205 g/mol. The molecule has 0 aliphatic heterocycles. The van der Waals surface area contributed by atoms with Gasteiger partial charge in [-0.05, 0) is 12.5 Å². The standard InChI is InChI=1S/C11H15N3O/c1-3-7-13(8-4-2)11(15)10-14-9-5-6-12-14/h1,5-6,9H,4,7-8,10H2,2H3. The summed E-state index contributed by atoms with van der Waals surface area (Å²) < 4.78 is 1.60. The molecule has 4 nitrogen and oxygen atoms in total. The van der Waals surface area contributed by atoms with E-state index in [-0.39, 0.29) is 12.5 Å². The number of terminal acetylenes is 1. The van der Waals surface area contributed by atoms with Crippen LogP contribution in [0.5, 0.6) is 0 Å². The smallest absolute Gasteiger partial charge is 0.245 e. The summed E-state index contributed by atoms with van der Waals surface area (Å²) in [6, 6.07) is 1.79. The minimum Gasteiger partial charge on any atom is -0.330 e. The fourth-order valence-electron chi connectivity index (χ4n) is 1.30. The number of carbonyl (C=O) groups is 1. The van der Waals surface area contributed by atoms with Crippen LogP contribution in [0, 0.1) is 12.3 Å². The molecule has 0 fully saturated rings. The van der Waals surface area contributed by atoms with Crippen molar-refractivity contribution in [3.8, 4) is 12.3 Å². The first-order valence-electron chi connectivity index (χ1n) is 4.96. The Kier molecular flexibility index (Phi) is 4.42. The van der Waals surface area contributed by atoms with E-state index in [1.165, 1.54) is 0 Å². The molecule has 0 unspecified atom stereocenters. The zero-order chi connectivity index (χ0) is 11.1. The van der Waals surface area contributed by atoms with Crippen LogP contribution in [0.15, 0.2) is 18.5 Å². The predicted octanol–water partition coefficient (Wildman–Crippen LogP) is 0.755. The Morgan fingerprint density at radius 1 is 1.67 bits per heavy atom. The molecule has 1 aromatic rings. The van der Waals surface area contributed by atoms with E-state index in [0.717, 1.165) is 6.42 Å². The van der Waals surface area contributed by atoms with E-state index in [4.69, 9.17) is 6.42 Å². The van der Waals surface area contributed by atoms with E-state index in [0.29, 0.717) is 13.1 Å². The number of hydrogen-bond donors (Lipinski definition) is 0. The number of rotatable bonds is 5. The molecular weight excluding hydrogens is 190 g/mol. The quantitative estimate of drug-likeness (QED) is 0.665. The van der Waals surface area contributed by atoms with Gasteiger partial charge in [-0.1, -0.05) is 12.8 Å². The Morgan fingerprint density at radius 3 is 3.00 bits per heavy atom. The van der Waals surface area contributed by atoms with E-state index >= 15 is 0 Å². The Morgan fingerprint density at radius 2 is 2.47 bits per heavy atom. The number of amides is 1. The summed E-state index contributed by atoms with van der Waals surface area (Å²) in [4.78, 5) is 13.4. The lowest BCUT2D eigenvalue weighted by atomic mass is 10.4. The molecule has 1 rings (SSSR count). The highest BCUT2D eigenvalue weighted by atomic mass is 16.2. The number of hydrogen-bond acceptors (Lipinski definition) is 2. The summed E-state index contributed by atoms with van der Waals surface area (Å²) >= 11 is 0. The van der Waals surface area contributed by atoms with Crippen molar-refractivity contribution in [1.29, 1.82) is 0 Å². The molecule has 0 saturated carbocycles. The Bertz CT molecular complexity index is 337. The molecule has 1 amide bonds. The predicted molar refractivity (Wildman–Crippen MR) is 57.9 cm³/mol. The highest BCUT2D eigenvalue weighted by molar-refractivity contribution is 5.76. The van der Waals surface area contributed by atoms with Gasteiger partial charge in [-0.15, -0.1) is 6.42 Å². The van der Waals surface area contributed by atoms with Crippen molar-refractivity contribution in [2.24, 2.45) is 0 Å². The van der Waals surface area contributed by atoms with Gasteiger partial charge in [-0.3, -0.25) is 9.48 Å². The minimum atomic E-state index is 0.0125. The molecule has 0 radical (unpaired) electrons. The third kappa shape index (κ3) is 3.47. The van der Waals surface area contributed by atoms with Crippen LogP contribution in [0.1, 0.15) is 13.3 Å². The van der Waals surface area contributed by atoms with E-state index in [1.807, 2.05) is 6.92 Å². The third-order valence-corrected chi connectivity index (χ3v) is 1.98. The van der Waals surface area contributed by atoms with Gasteiger partial charge in [0.1, 0.15) is 6.54 Å². The van der Waals surface area contributed by atoms with Crippen LogP contribution < -0.4 is 0 Å². The molecular formula is C11H15N3O. The van der Waals surface area contributed by atoms with Crippen molar-refractivity contribution in [3.63, 3.8) is 0 Å². The van der Waals surface area contributed by atoms with Crippen molar-refractivity contribution < 1.29 is 4.79 Å². The molecule has 0 saturated heterocycles. The lowest BCUT2D eigenvalue weighted by Gasteiger charge is -2.19. The van der Waals surface area contributed by atoms with Gasteiger partial charge in [0, 0.05) is 18.9 Å². The van der Waals surface area contributed by atoms with Gasteiger partial charge in [0.25, 0.3) is 0 Å². The molecule has 4 heteroatoms. The average Bonchev–Trinajstić information content (AvgIpc) is 2.70. The second-order valence-electron chi connectivity index (χ2n) is 3.22. The Balaban J connectivity index is 2.53. The molecule has 1 heterocycles. The van der Waals surface area contributed by atoms with E-state index < -0.39 is 0 Å². The highest BCUT2D eigenvalue weighted by Crippen LogP contribution is 1.95. The van der Waals surface area contributed by atoms with E-state index in [9.17, 15) is 4.79 Å². The van der Waals surface area contributed by atoms with Crippen molar-refractivity contribution in [2.45, 2.75) is 19.9 Å². The molecule has 0 aliphatic rings. The zero-order valence-corrected chi connectivity index (χ0v) is 8.89. The van der Waals surface area contributed by atoms with Crippen LogP contribution in [-0.2, 0) is 11.3 Å². The van der Waals surface area contributed by atoms with Gasteiger partial charge < -0.3 is 4.90 Å². The molecule has 80 valence electrons. The lowest BCUT2D eigenvalue weighted by molar-refractivity contribution is -0.131. The fraction of sp³-hybridized carbons (Fsp3) is 0.455. The SMILES string of the molecule is C#CCN(CCC)C(=O)Cn1cccn1. The summed E-state index contributed by atoms with van der Waals surface area (Å²) in [5.41, 5.74) is 0. The molecule has 0 aromatic carbocycles. The number of nitrogens with zero attached hydrogens (tertiary/aromatic N) is 3. The summed E-state index contributed by atoms with van der Waals surface area (Å²) in [6.07, 6.45) is 9.53. The first-order valence-corrected chi connectivity index (χ1v) is 4.96.